The summed E-state index contributed by atoms with van der Waals surface area (Å²) in [6.45, 7) is -0.207. The topological polar surface area (TPSA) is 113 Å². The number of nitrogens with zero attached hydrogens (tertiary/aromatic N) is 2. The SMILES string of the molecule is COc1ccc(CCC(=O)Nc2ccccc2C(=O)OCc2nc(-c3ccc(OC)cc3)no2)cc1. The number of methoxy groups -OCH3 is 2. The first-order valence-corrected chi connectivity index (χ1v) is 11.2. The number of amides is 1. The Morgan fingerprint density at radius 1 is 0.889 bits per heavy atom. The van der Waals surface area contributed by atoms with E-state index in [1.54, 1.807) is 62.8 Å². The number of anilines is 1. The van der Waals surface area contributed by atoms with E-state index in [9.17, 15) is 9.59 Å². The average molecular weight is 488 g/mol. The molecule has 1 aromatic heterocycles. The number of carbonyl (C=O) groups is 2. The highest BCUT2D eigenvalue weighted by molar-refractivity contribution is 6.01. The zero-order valence-electron chi connectivity index (χ0n) is 19.9. The van der Waals surface area contributed by atoms with Crippen LogP contribution in [0.4, 0.5) is 5.69 Å². The predicted molar refractivity (Wildman–Crippen MR) is 132 cm³/mol. The highest BCUT2D eigenvalue weighted by atomic mass is 16.6. The zero-order chi connectivity index (χ0) is 25.3. The fourth-order valence-corrected chi connectivity index (χ4v) is 3.41. The monoisotopic (exact) mass is 487 g/mol. The molecule has 0 saturated heterocycles. The number of hydrogen-bond donors (Lipinski definition) is 1. The minimum absolute atomic E-state index is 0.148. The van der Waals surface area contributed by atoms with Gasteiger partial charge in [-0.3, -0.25) is 4.79 Å². The Labute approximate surface area is 208 Å². The van der Waals surface area contributed by atoms with E-state index in [1.807, 2.05) is 24.3 Å². The molecule has 0 aliphatic heterocycles. The van der Waals surface area contributed by atoms with Crippen molar-refractivity contribution in [2.45, 2.75) is 19.4 Å². The lowest BCUT2D eigenvalue weighted by Crippen LogP contribution is -2.16. The normalized spacial score (nSPS) is 10.5. The van der Waals surface area contributed by atoms with Gasteiger partial charge in [0, 0.05) is 12.0 Å². The number of aromatic nitrogens is 2. The Bertz CT molecular complexity index is 1320. The Morgan fingerprint density at radius 3 is 2.25 bits per heavy atom. The van der Waals surface area contributed by atoms with Crippen molar-refractivity contribution in [3.63, 3.8) is 0 Å². The highest BCUT2D eigenvalue weighted by Crippen LogP contribution is 2.21. The van der Waals surface area contributed by atoms with Gasteiger partial charge in [-0.05, 0) is 60.5 Å². The third-order valence-corrected chi connectivity index (χ3v) is 5.36. The van der Waals surface area contributed by atoms with Crippen molar-refractivity contribution < 1.29 is 28.3 Å². The molecule has 9 nitrogen and oxygen atoms in total. The molecule has 0 fully saturated rings. The van der Waals surface area contributed by atoms with Gasteiger partial charge in [0.2, 0.25) is 11.7 Å². The first kappa shape index (κ1) is 24.5. The first-order valence-electron chi connectivity index (χ1n) is 11.2. The number of aryl methyl sites for hydroxylation is 1. The molecule has 1 N–H and O–H groups in total. The molecule has 0 atom stereocenters. The zero-order valence-corrected chi connectivity index (χ0v) is 19.9. The first-order chi connectivity index (χ1) is 17.6. The van der Waals surface area contributed by atoms with Gasteiger partial charge in [0.25, 0.3) is 5.89 Å². The van der Waals surface area contributed by atoms with Gasteiger partial charge in [-0.15, -0.1) is 0 Å². The number of hydrogen-bond acceptors (Lipinski definition) is 8. The maximum Gasteiger partial charge on any atom is 0.340 e. The number of nitrogens with one attached hydrogen (secondary N) is 1. The molecule has 3 aromatic carbocycles. The number of esters is 1. The summed E-state index contributed by atoms with van der Waals surface area (Å²) in [4.78, 5) is 29.5. The summed E-state index contributed by atoms with van der Waals surface area (Å²) in [5.74, 6) is 1.15. The van der Waals surface area contributed by atoms with E-state index in [2.05, 4.69) is 15.5 Å². The number of rotatable bonds is 10. The van der Waals surface area contributed by atoms with E-state index in [4.69, 9.17) is 18.7 Å². The third kappa shape index (κ3) is 6.26. The lowest BCUT2D eigenvalue weighted by Gasteiger charge is -2.10. The van der Waals surface area contributed by atoms with Gasteiger partial charge in [0.05, 0.1) is 25.5 Å². The second-order valence-electron chi connectivity index (χ2n) is 7.76. The standard InChI is InChI=1S/C27H25N3O6/c1-33-20-12-7-18(8-13-20)9-16-24(31)28-23-6-4-3-5-22(23)27(32)35-17-25-29-26(30-36-25)19-10-14-21(34-2)15-11-19/h3-8,10-15H,9,16-17H2,1-2H3,(H,28,31). The van der Waals surface area contributed by atoms with Crippen molar-refractivity contribution in [2.75, 3.05) is 19.5 Å². The predicted octanol–water partition coefficient (Wildman–Crippen LogP) is 4.68. The summed E-state index contributed by atoms with van der Waals surface area (Å²) in [5.41, 5.74) is 2.34. The summed E-state index contributed by atoms with van der Waals surface area (Å²) in [7, 11) is 3.19. The van der Waals surface area contributed by atoms with Crippen LogP contribution in [0.2, 0.25) is 0 Å². The molecular formula is C27H25N3O6. The summed E-state index contributed by atoms with van der Waals surface area (Å²) < 4.78 is 20.8. The van der Waals surface area contributed by atoms with Crippen LogP contribution in [-0.4, -0.2) is 36.2 Å². The molecule has 0 spiro atoms. The second kappa shape index (κ2) is 11.7. The van der Waals surface area contributed by atoms with Gasteiger partial charge in [0.15, 0.2) is 6.61 Å². The minimum atomic E-state index is -0.620. The van der Waals surface area contributed by atoms with Crippen LogP contribution in [0, 0.1) is 0 Å². The number of benzene rings is 3. The van der Waals surface area contributed by atoms with E-state index < -0.39 is 5.97 Å². The van der Waals surface area contributed by atoms with Gasteiger partial charge in [-0.2, -0.15) is 4.98 Å². The number of carbonyl (C=O) groups excluding carboxylic acids is 2. The third-order valence-electron chi connectivity index (χ3n) is 5.36. The van der Waals surface area contributed by atoms with E-state index in [1.165, 1.54) is 0 Å². The molecule has 0 aliphatic carbocycles. The maximum absolute atomic E-state index is 12.7. The Hall–Kier alpha value is -4.66. The molecule has 36 heavy (non-hydrogen) atoms. The Morgan fingerprint density at radius 2 is 1.56 bits per heavy atom. The highest BCUT2D eigenvalue weighted by Gasteiger charge is 2.17. The summed E-state index contributed by atoms with van der Waals surface area (Å²) in [5, 5.41) is 6.71. The fraction of sp³-hybridized carbons (Fsp3) is 0.185. The number of ether oxygens (including phenoxy) is 3. The molecular weight excluding hydrogens is 462 g/mol. The lowest BCUT2D eigenvalue weighted by molar-refractivity contribution is -0.116. The van der Waals surface area contributed by atoms with Gasteiger partial charge in [-0.1, -0.05) is 29.4 Å². The van der Waals surface area contributed by atoms with Crippen LogP contribution in [0.25, 0.3) is 11.4 Å². The van der Waals surface area contributed by atoms with Crippen molar-refractivity contribution in [1.82, 2.24) is 10.1 Å². The number of para-hydroxylation sites is 1. The van der Waals surface area contributed by atoms with Crippen LogP contribution < -0.4 is 14.8 Å². The molecule has 184 valence electrons. The van der Waals surface area contributed by atoms with Crippen molar-refractivity contribution in [2.24, 2.45) is 0 Å². The Kier molecular flexibility index (Phi) is 7.92. The quantitative estimate of drug-likeness (QED) is 0.321. The van der Waals surface area contributed by atoms with Crippen LogP contribution >= 0.6 is 0 Å². The second-order valence-corrected chi connectivity index (χ2v) is 7.76. The van der Waals surface area contributed by atoms with Crippen LogP contribution in [0.3, 0.4) is 0 Å². The molecule has 0 radical (unpaired) electrons. The van der Waals surface area contributed by atoms with Crippen molar-refractivity contribution in [3.8, 4) is 22.9 Å². The van der Waals surface area contributed by atoms with Crippen molar-refractivity contribution in [3.05, 3.63) is 89.8 Å². The molecule has 1 heterocycles. The van der Waals surface area contributed by atoms with E-state index in [0.29, 0.717) is 23.7 Å². The Balaban J connectivity index is 1.33. The van der Waals surface area contributed by atoms with Crippen LogP contribution in [0.5, 0.6) is 11.5 Å². The minimum Gasteiger partial charge on any atom is -0.497 e. The van der Waals surface area contributed by atoms with Gasteiger partial charge in [-0.25, -0.2) is 4.79 Å². The van der Waals surface area contributed by atoms with E-state index in [0.717, 1.165) is 16.9 Å². The summed E-state index contributed by atoms with van der Waals surface area (Å²) in [6, 6.07) is 21.3. The summed E-state index contributed by atoms with van der Waals surface area (Å²) in [6.07, 6.45) is 0.808. The van der Waals surface area contributed by atoms with Crippen molar-refractivity contribution in [1.29, 1.82) is 0 Å². The molecule has 0 bridgehead atoms. The van der Waals surface area contributed by atoms with Crippen molar-refractivity contribution >= 4 is 17.6 Å². The molecule has 9 heteroatoms. The molecule has 4 rings (SSSR count). The van der Waals surface area contributed by atoms with Crippen LogP contribution in [-0.2, 0) is 22.6 Å². The van der Waals surface area contributed by atoms with Gasteiger partial charge >= 0.3 is 5.97 Å². The van der Waals surface area contributed by atoms with Crippen LogP contribution in [0.1, 0.15) is 28.2 Å². The van der Waals surface area contributed by atoms with Crippen LogP contribution in [0.15, 0.2) is 77.3 Å². The molecule has 1 amide bonds. The molecule has 0 unspecified atom stereocenters. The molecule has 0 saturated carbocycles. The summed E-state index contributed by atoms with van der Waals surface area (Å²) >= 11 is 0. The maximum atomic E-state index is 12.7. The fourth-order valence-electron chi connectivity index (χ4n) is 3.41. The average Bonchev–Trinajstić information content (AvgIpc) is 3.40. The van der Waals surface area contributed by atoms with E-state index in [-0.39, 0.29) is 30.4 Å². The van der Waals surface area contributed by atoms with Gasteiger partial charge < -0.3 is 24.1 Å². The smallest absolute Gasteiger partial charge is 0.340 e. The lowest BCUT2D eigenvalue weighted by atomic mass is 10.1. The molecule has 0 aliphatic rings. The van der Waals surface area contributed by atoms with E-state index >= 15 is 0 Å². The van der Waals surface area contributed by atoms with Gasteiger partial charge in [0.1, 0.15) is 11.5 Å². The molecule has 4 aromatic rings. The largest absolute Gasteiger partial charge is 0.497 e.